The zero-order valence-electron chi connectivity index (χ0n) is 10.2. The van der Waals surface area contributed by atoms with Gasteiger partial charge in [-0.3, -0.25) is 0 Å². The predicted octanol–water partition coefficient (Wildman–Crippen LogP) is 2.94. The van der Waals surface area contributed by atoms with E-state index in [9.17, 15) is 0 Å². The van der Waals surface area contributed by atoms with Gasteiger partial charge < -0.3 is 5.32 Å². The number of nitrogens with one attached hydrogen (secondary N) is 1. The Hall–Kier alpha value is -0.200. The lowest BCUT2D eigenvalue weighted by molar-refractivity contribution is 0.417. The Kier molecular flexibility index (Phi) is 4.16. The van der Waals surface area contributed by atoms with Crippen LogP contribution >= 0.6 is 11.8 Å². The van der Waals surface area contributed by atoms with E-state index in [1.54, 1.807) is 0 Å². The fourth-order valence-corrected chi connectivity index (χ4v) is 3.78. The molecular formula is C13H22N2S. The van der Waals surface area contributed by atoms with Gasteiger partial charge in [-0.25, -0.2) is 0 Å². The number of rotatable bonds is 6. The molecule has 3 heteroatoms. The van der Waals surface area contributed by atoms with E-state index in [0.717, 1.165) is 24.3 Å². The lowest BCUT2D eigenvalue weighted by Crippen LogP contribution is -2.32. The van der Waals surface area contributed by atoms with Crippen molar-refractivity contribution in [2.24, 2.45) is 5.41 Å². The van der Waals surface area contributed by atoms with Crippen molar-refractivity contribution in [1.29, 1.82) is 5.26 Å². The SMILES string of the molecule is CCSC1CCC(NCC2(CC#N)CC2)C1. The van der Waals surface area contributed by atoms with Crippen LogP contribution in [0.3, 0.4) is 0 Å². The maximum absolute atomic E-state index is 8.76. The van der Waals surface area contributed by atoms with Gasteiger partial charge in [0.15, 0.2) is 0 Å². The lowest BCUT2D eigenvalue weighted by atomic mass is 10.0. The molecule has 0 heterocycles. The number of hydrogen-bond acceptors (Lipinski definition) is 3. The zero-order valence-corrected chi connectivity index (χ0v) is 11.0. The van der Waals surface area contributed by atoms with Crippen LogP contribution in [0.25, 0.3) is 0 Å². The van der Waals surface area contributed by atoms with Crippen molar-refractivity contribution in [1.82, 2.24) is 5.32 Å². The van der Waals surface area contributed by atoms with Crippen molar-refractivity contribution in [3.63, 3.8) is 0 Å². The molecule has 0 amide bonds. The summed E-state index contributed by atoms with van der Waals surface area (Å²) in [6.07, 6.45) is 7.31. The van der Waals surface area contributed by atoms with E-state index < -0.39 is 0 Å². The molecule has 1 N–H and O–H groups in total. The highest BCUT2D eigenvalue weighted by Gasteiger charge is 2.42. The lowest BCUT2D eigenvalue weighted by Gasteiger charge is -2.17. The Morgan fingerprint density at radius 2 is 2.25 bits per heavy atom. The topological polar surface area (TPSA) is 35.8 Å². The minimum absolute atomic E-state index is 0.366. The van der Waals surface area contributed by atoms with Crippen molar-refractivity contribution in [2.45, 2.75) is 56.7 Å². The van der Waals surface area contributed by atoms with Crippen LogP contribution in [0.15, 0.2) is 0 Å². The molecule has 16 heavy (non-hydrogen) atoms. The van der Waals surface area contributed by atoms with Crippen LogP contribution in [-0.4, -0.2) is 23.6 Å². The highest BCUT2D eigenvalue weighted by molar-refractivity contribution is 7.99. The third-order valence-electron chi connectivity index (χ3n) is 3.96. The van der Waals surface area contributed by atoms with Crippen LogP contribution in [0.4, 0.5) is 0 Å². The number of thioether (sulfide) groups is 1. The quantitative estimate of drug-likeness (QED) is 0.773. The predicted molar refractivity (Wildman–Crippen MR) is 69.5 cm³/mol. The molecule has 2 rings (SSSR count). The van der Waals surface area contributed by atoms with E-state index in [2.05, 4.69) is 30.1 Å². The number of hydrogen-bond donors (Lipinski definition) is 1. The molecule has 0 bridgehead atoms. The molecule has 90 valence electrons. The second-order valence-electron chi connectivity index (χ2n) is 5.30. The van der Waals surface area contributed by atoms with Gasteiger partial charge in [-0.2, -0.15) is 17.0 Å². The Balaban J connectivity index is 1.66. The van der Waals surface area contributed by atoms with E-state index in [0.29, 0.717) is 5.41 Å². The summed E-state index contributed by atoms with van der Waals surface area (Å²) in [5.74, 6) is 1.25. The Morgan fingerprint density at radius 3 is 2.88 bits per heavy atom. The van der Waals surface area contributed by atoms with Gasteiger partial charge in [-0.15, -0.1) is 0 Å². The van der Waals surface area contributed by atoms with Crippen LogP contribution in [0.2, 0.25) is 0 Å². The van der Waals surface area contributed by atoms with Gasteiger partial charge in [0.25, 0.3) is 0 Å². The minimum atomic E-state index is 0.366. The van der Waals surface area contributed by atoms with Gasteiger partial charge in [0.05, 0.1) is 6.07 Å². The first kappa shape index (κ1) is 12.3. The summed E-state index contributed by atoms with van der Waals surface area (Å²) < 4.78 is 0. The van der Waals surface area contributed by atoms with Crippen molar-refractivity contribution in [2.75, 3.05) is 12.3 Å². The van der Waals surface area contributed by atoms with Crippen molar-refractivity contribution >= 4 is 11.8 Å². The van der Waals surface area contributed by atoms with Crippen LogP contribution < -0.4 is 5.32 Å². The second-order valence-corrected chi connectivity index (χ2v) is 6.88. The Bertz CT molecular complexity index is 268. The average Bonchev–Trinajstić information content (AvgIpc) is 2.89. The van der Waals surface area contributed by atoms with Crippen LogP contribution in [0, 0.1) is 16.7 Å². The van der Waals surface area contributed by atoms with Gasteiger partial charge >= 0.3 is 0 Å². The highest BCUT2D eigenvalue weighted by atomic mass is 32.2. The van der Waals surface area contributed by atoms with Crippen molar-refractivity contribution in [3.8, 4) is 6.07 Å². The molecule has 0 aliphatic heterocycles. The van der Waals surface area contributed by atoms with Crippen LogP contribution in [-0.2, 0) is 0 Å². The maximum Gasteiger partial charge on any atom is 0.0628 e. The maximum atomic E-state index is 8.76. The van der Waals surface area contributed by atoms with Crippen LogP contribution in [0.1, 0.15) is 45.4 Å². The minimum Gasteiger partial charge on any atom is -0.313 e. The van der Waals surface area contributed by atoms with E-state index in [4.69, 9.17) is 5.26 Å². The smallest absolute Gasteiger partial charge is 0.0628 e. The standard InChI is InChI=1S/C13H22N2S/c1-2-16-12-4-3-11(9-12)15-10-13(5-6-13)7-8-14/h11-12,15H,2-7,9-10H2,1H3. The van der Waals surface area contributed by atoms with E-state index >= 15 is 0 Å². The van der Waals surface area contributed by atoms with Crippen LogP contribution in [0.5, 0.6) is 0 Å². The third-order valence-corrected chi connectivity index (χ3v) is 5.20. The van der Waals surface area contributed by atoms with Crippen molar-refractivity contribution < 1.29 is 0 Å². The summed E-state index contributed by atoms with van der Waals surface area (Å²) in [4.78, 5) is 0. The summed E-state index contributed by atoms with van der Waals surface area (Å²) in [5.41, 5.74) is 0.366. The molecule has 2 saturated carbocycles. The highest BCUT2D eigenvalue weighted by Crippen LogP contribution is 2.48. The summed E-state index contributed by atoms with van der Waals surface area (Å²) in [7, 11) is 0. The summed E-state index contributed by atoms with van der Waals surface area (Å²) in [6, 6.07) is 3.05. The Labute approximate surface area is 103 Å². The molecule has 0 aromatic rings. The largest absolute Gasteiger partial charge is 0.313 e. The number of nitriles is 1. The van der Waals surface area contributed by atoms with E-state index in [1.165, 1.54) is 37.9 Å². The molecule has 2 atom stereocenters. The zero-order chi connectivity index (χ0) is 11.4. The molecule has 0 radical (unpaired) electrons. The molecule has 0 spiro atoms. The molecular weight excluding hydrogens is 216 g/mol. The van der Waals surface area contributed by atoms with Gasteiger partial charge in [-0.1, -0.05) is 6.92 Å². The Morgan fingerprint density at radius 1 is 1.44 bits per heavy atom. The molecule has 0 aromatic heterocycles. The van der Waals surface area contributed by atoms with E-state index in [-0.39, 0.29) is 0 Å². The molecule has 2 nitrogen and oxygen atoms in total. The van der Waals surface area contributed by atoms with Gasteiger partial charge in [0.2, 0.25) is 0 Å². The number of nitrogens with zero attached hydrogens (tertiary/aromatic N) is 1. The first-order valence-electron chi connectivity index (χ1n) is 6.50. The van der Waals surface area contributed by atoms with Gasteiger partial charge in [-0.05, 0) is 43.3 Å². The first-order valence-corrected chi connectivity index (χ1v) is 7.55. The fourth-order valence-electron chi connectivity index (χ4n) is 2.63. The monoisotopic (exact) mass is 238 g/mol. The van der Waals surface area contributed by atoms with Gasteiger partial charge in [0.1, 0.15) is 0 Å². The van der Waals surface area contributed by atoms with E-state index in [1.807, 2.05) is 0 Å². The molecule has 0 saturated heterocycles. The van der Waals surface area contributed by atoms with Crippen molar-refractivity contribution in [3.05, 3.63) is 0 Å². The summed E-state index contributed by atoms with van der Waals surface area (Å²) in [5, 5.41) is 13.3. The molecule has 2 aliphatic carbocycles. The van der Waals surface area contributed by atoms with Gasteiger partial charge in [0, 0.05) is 24.3 Å². The summed E-state index contributed by atoms with van der Waals surface area (Å²) in [6.45, 7) is 3.33. The average molecular weight is 238 g/mol. The molecule has 2 unspecified atom stereocenters. The fraction of sp³-hybridized carbons (Fsp3) is 0.923. The third kappa shape index (κ3) is 3.15. The molecule has 2 fully saturated rings. The second kappa shape index (κ2) is 5.42. The normalized spacial score (nSPS) is 31.2. The molecule has 2 aliphatic rings. The summed E-state index contributed by atoms with van der Waals surface area (Å²) >= 11 is 2.11. The molecule has 0 aromatic carbocycles. The first-order chi connectivity index (χ1) is 7.78.